The van der Waals surface area contributed by atoms with Crippen molar-refractivity contribution in [1.29, 1.82) is 0 Å². The average Bonchev–Trinajstić information content (AvgIpc) is 3.35. The number of amides is 2. The molecule has 3 heterocycles. The third-order valence-electron chi connectivity index (χ3n) is 4.53. The second-order valence-corrected chi connectivity index (χ2v) is 7.18. The number of pyridine rings is 1. The molecule has 1 N–H and O–H groups in total. The van der Waals surface area contributed by atoms with Crippen LogP contribution in [0.25, 0.3) is 11.4 Å². The first-order valence-electron chi connectivity index (χ1n) is 8.77. The Hall–Kier alpha value is -3.26. The maximum atomic E-state index is 12.7. The third kappa shape index (κ3) is 3.59. The summed E-state index contributed by atoms with van der Waals surface area (Å²) in [5, 5.41) is 5.17. The Morgan fingerprint density at radius 3 is 2.82 bits per heavy atom. The zero-order valence-corrected chi connectivity index (χ0v) is 16.0. The lowest BCUT2D eigenvalue weighted by Gasteiger charge is -2.19. The maximum absolute atomic E-state index is 12.7. The van der Waals surface area contributed by atoms with Gasteiger partial charge in [0.1, 0.15) is 11.4 Å². The molecule has 8 heteroatoms. The summed E-state index contributed by atoms with van der Waals surface area (Å²) in [6, 6.07) is 12.9. The van der Waals surface area contributed by atoms with Crippen molar-refractivity contribution in [3.8, 4) is 17.1 Å². The topological polar surface area (TPSA) is 84.4 Å². The molecule has 2 amide bonds. The fourth-order valence-corrected chi connectivity index (χ4v) is 3.85. The van der Waals surface area contributed by atoms with E-state index in [9.17, 15) is 9.59 Å². The molecule has 1 aliphatic rings. The second-order valence-electron chi connectivity index (χ2n) is 6.32. The summed E-state index contributed by atoms with van der Waals surface area (Å²) in [4.78, 5) is 35.4. The smallest absolute Gasteiger partial charge is 0.231 e. The van der Waals surface area contributed by atoms with Gasteiger partial charge in [-0.05, 0) is 24.3 Å². The highest BCUT2D eigenvalue weighted by atomic mass is 32.1. The molecule has 1 aromatic carbocycles. The molecule has 3 aromatic rings. The summed E-state index contributed by atoms with van der Waals surface area (Å²) in [5.41, 5.74) is 2.13. The molecule has 1 aliphatic heterocycles. The van der Waals surface area contributed by atoms with E-state index in [-0.39, 0.29) is 18.2 Å². The van der Waals surface area contributed by atoms with Gasteiger partial charge in [-0.2, -0.15) is 0 Å². The number of hydrogen-bond acceptors (Lipinski definition) is 6. The lowest BCUT2D eigenvalue weighted by Crippen LogP contribution is -2.28. The predicted octanol–water partition coefficient (Wildman–Crippen LogP) is 3.21. The number of rotatable bonds is 5. The van der Waals surface area contributed by atoms with Crippen molar-refractivity contribution in [2.75, 3.05) is 23.9 Å². The van der Waals surface area contributed by atoms with Gasteiger partial charge in [-0.15, -0.1) is 11.3 Å². The van der Waals surface area contributed by atoms with Crippen LogP contribution in [0.2, 0.25) is 0 Å². The number of para-hydroxylation sites is 2. The molecule has 0 radical (unpaired) electrons. The lowest BCUT2D eigenvalue weighted by atomic mass is 10.1. The van der Waals surface area contributed by atoms with Gasteiger partial charge in [0.2, 0.25) is 11.8 Å². The number of carbonyl (C=O) groups excluding carboxylic acids is 2. The van der Waals surface area contributed by atoms with Gasteiger partial charge in [0.05, 0.1) is 24.4 Å². The first kappa shape index (κ1) is 18.1. The van der Waals surface area contributed by atoms with E-state index in [1.54, 1.807) is 24.3 Å². The van der Waals surface area contributed by atoms with Crippen molar-refractivity contribution < 1.29 is 14.3 Å². The fraction of sp³-hybridized carbons (Fsp3) is 0.200. The molecule has 4 rings (SSSR count). The van der Waals surface area contributed by atoms with Crippen LogP contribution in [-0.4, -0.2) is 35.4 Å². The van der Waals surface area contributed by atoms with Crippen LogP contribution >= 0.6 is 11.3 Å². The average molecular weight is 394 g/mol. The molecular weight excluding hydrogens is 376 g/mol. The molecule has 0 unspecified atom stereocenters. The van der Waals surface area contributed by atoms with E-state index < -0.39 is 5.92 Å². The molecular formula is C20H18N4O3S. The summed E-state index contributed by atoms with van der Waals surface area (Å²) >= 11 is 1.33. The van der Waals surface area contributed by atoms with Gasteiger partial charge in [-0.1, -0.05) is 18.2 Å². The van der Waals surface area contributed by atoms with Crippen LogP contribution in [0.4, 0.5) is 10.8 Å². The van der Waals surface area contributed by atoms with Crippen LogP contribution in [-0.2, 0) is 9.59 Å². The van der Waals surface area contributed by atoms with E-state index in [1.165, 1.54) is 11.3 Å². The summed E-state index contributed by atoms with van der Waals surface area (Å²) in [6.45, 7) is 0.309. The Labute approximate surface area is 166 Å². The van der Waals surface area contributed by atoms with Crippen molar-refractivity contribution in [3.63, 3.8) is 0 Å². The first-order valence-corrected chi connectivity index (χ1v) is 9.65. The molecule has 0 aliphatic carbocycles. The molecule has 0 bridgehead atoms. The lowest BCUT2D eigenvalue weighted by molar-refractivity contribution is -0.122. The number of hydrogen-bond donors (Lipinski definition) is 1. The van der Waals surface area contributed by atoms with Crippen LogP contribution in [0.1, 0.15) is 6.42 Å². The molecule has 1 fully saturated rings. The Morgan fingerprint density at radius 2 is 2.04 bits per heavy atom. The van der Waals surface area contributed by atoms with Crippen molar-refractivity contribution in [3.05, 3.63) is 54.0 Å². The van der Waals surface area contributed by atoms with Crippen LogP contribution in [0, 0.1) is 5.92 Å². The largest absolute Gasteiger partial charge is 0.495 e. The highest BCUT2D eigenvalue weighted by molar-refractivity contribution is 7.14. The van der Waals surface area contributed by atoms with Gasteiger partial charge in [0.15, 0.2) is 5.13 Å². The van der Waals surface area contributed by atoms with Gasteiger partial charge in [0, 0.05) is 24.5 Å². The Balaban J connectivity index is 1.45. The van der Waals surface area contributed by atoms with E-state index in [4.69, 9.17) is 4.74 Å². The van der Waals surface area contributed by atoms with E-state index in [2.05, 4.69) is 15.3 Å². The molecule has 7 nitrogen and oxygen atoms in total. The number of nitrogens with zero attached hydrogens (tertiary/aromatic N) is 3. The standard InChI is InChI=1S/C20H18N4O3S/c1-27-17-8-3-2-7-16(17)24-11-13(10-18(24)25)19(26)23-20-22-15(12-28-20)14-6-4-5-9-21-14/h2-9,12-13H,10-11H2,1H3,(H,22,23,26)/t13-/m0/s1. The second kappa shape index (κ2) is 7.77. The Morgan fingerprint density at radius 1 is 1.21 bits per heavy atom. The van der Waals surface area contributed by atoms with Gasteiger partial charge >= 0.3 is 0 Å². The summed E-state index contributed by atoms with van der Waals surface area (Å²) in [5.74, 6) is -0.151. The van der Waals surface area contributed by atoms with E-state index in [0.717, 1.165) is 5.69 Å². The first-order chi connectivity index (χ1) is 13.7. The number of benzene rings is 1. The van der Waals surface area contributed by atoms with Crippen molar-refractivity contribution in [1.82, 2.24) is 9.97 Å². The van der Waals surface area contributed by atoms with Crippen molar-refractivity contribution in [2.45, 2.75) is 6.42 Å². The van der Waals surface area contributed by atoms with Gasteiger partial charge in [-0.25, -0.2) is 4.98 Å². The SMILES string of the molecule is COc1ccccc1N1C[C@@H](C(=O)Nc2nc(-c3ccccn3)cs2)CC1=O. The van der Waals surface area contributed by atoms with Crippen molar-refractivity contribution in [2.24, 2.45) is 5.92 Å². The summed E-state index contributed by atoms with van der Waals surface area (Å²) in [6.07, 6.45) is 1.85. The number of aromatic nitrogens is 2. The predicted molar refractivity (Wildman–Crippen MR) is 107 cm³/mol. The maximum Gasteiger partial charge on any atom is 0.231 e. The van der Waals surface area contributed by atoms with E-state index in [1.807, 2.05) is 41.8 Å². The number of ether oxygens (including phenoxy) is 1. The highest BCUT2D eigenvalue weighted by Gasteiger charge is 2.36. The van der Waals surface area contributed by atoms with Crippen LogP contribution in [0.5, 0.6) is 5.75 Å². The minimum atomic E-state index is -0.445. The quantitative estimate of drug-likeness (QED) is 0.718. The van der Waals surface area contributed by atoms with E-state index >= 15 is 0 Å². The minimum Gasteiger partial charge on any atom is -0.495 e. The number of thiazole rings is 1. The number of anilines is 2. The monoisotopic (exact) mass is 394 g/mol. The minimum absolute atomic E-state index is 0.0991. The normalized spacial score (nSPS) is 16.2. The molecule has 0 spiro atoms. The molecule has 28 heavy (non-hydrogen) atoms. The van der Waals surface area contributed by atoms with Gasteiger partial charge in [-0.3, -0.25) is 14.6 Å². The van der Waals surface area contributed by atoms with Crippen LogP contribution in [0.3, 0.4) is 0 Å². The van der Waals surface area contributed by atoms with Gasteiger partial charge < -0.3 is 15.0 Å². The molecule has 1 atom stereocenters. The summed E-state index contributed by atoms with van der Waals surface area (Å²) < 4.78 is 5.33. The van der Waals surface area contributed by atoms with Crippen molar-refractivity contribution >= 4 is 34.0 Å². The molecule has 1 saturated heterocycles. The molecule has 2 aromatic heterocycles. The highest BCUT2D eigenvalue weighted by Crippen LogP contribution is 2.33. The number of nitrogens with one attached hydrogen (secondary N) is 1. The zero-order valence-electron chi connectivity index (χ0n) is 15.2. The van der Waals surface area contributed by atoms with Crippen LogP contribution < -0.4 is 15.0 Å². The zero-order chi connectivity index (χ0) is 19.5. The van der Waals surface area contributed by atoms with Gasteiger partial charge in [0.25, 0.3) is 0 Å². The Bertz CT molecular complexity index is 1010. The third-order valence-corrected chi connectivity index (χ3v) is 5.29. The number of methoxy groups -OCH3 is 1. The fourth-order valence-electron chi connectivity index (χ4n) is 3.14. The van der Waals surface area contributed by atoms with E-state index in [0.29, 0.717) is 28.8 Å². The molecule has 142 valence electrons. The number of carbonyl (C=O) groups is 2. The molecule has 0 saturated carbocycles. The summed E-state index contributed by atoms with van der Waals surface area (Å²) in [7, 11) is 1.56. The van der Waals surface area contributed by atoms with Crippen LogP contribution in [0.15, 0.2) is 54.0 Å². The Kier molecular flexibility index (Phi) is 5.03.